The summed E-state index contributed by atoms with van der Waals surface area (Å²) in [6, 6.07) is 8.19. The molecule has 0 aliphatic carbocycles. The van der Waals surface area contributed by atoms with E-state index in [1.165, 1.54) is 48.1 Å². The number of halogens is 1. The predicted molar refractivity (Wildman–Crippen MR) is 88.3 cm³/mol. The Hall–Kier alpha value is -0.580. The lowest BCUT2D eigenvalue weighted by molar-refractivity contribution is 0.254. The Bertz CT molecular complexity index is 477. The minimum absolute atomic E-state index is 0.726. The van der Waals surface area contributed by atoms with Crippen molar-refractivity contribution >= 4 is 21.6 Å². The summed E-state index contributed by atoms with van der Waals surface area (Å²) in [5.41, 5.74) is 2.80. The van der Waals surface area contributed by atoms with Crippen molar-refractivity contribution in [2.75, 3.05) is 32.1 Å². The monoisotopic (exact) mass is 337 g/mol. The van der Waals surface area contributed by atoms with Crippen LogP contribution in [-0.4, -0.2) is 44.2 Å². The molecule has 1 aromatic carbocycles. The van der Waals surface area contributed by atoms with Gasteiger partial charge < -0.3 is 10.2 Å². The van der Waals surface area contributed by atoms with E-state index in [1.54, 1.807) is 0 Å². The Kier molecular flexibility index (Phi) is 4.34. The molecule has 2 bridgehead atoms. The highest BCUT2D eigenvalue weighted by atomic mass is 79.9. The van der Waals surface area contributed by atoms with Crippen molar-refractivity contribution in [3.05, 3.63) is 28.2 Å². The van der Waals surface area contributed by atoms with Crippen LogP contribution in [0.2, 0.25) is 0 Å². The van der Waals surface area contributed by atoms with Crippen molar-refractivity contribution in [3.63, 3.8) is 0 Å². The fourth-order valence-electron chi connectivity index (χ4n) is 3.70. The first-order chi connectivity index (χ1) is 9.69. The number of likely N-dealkylation sites (N-methyl/N-ethyl adjacent to an activating group) is 1. The lowest BCUT2D eigenvalue weighted by atomic mass is 10.1. The molecule has 2 heterocycles. The molecule has 0 spiro atoms. The molecular formula is C16H24BrN3. The van der Waals surface area contributed by atoms with E-state index in [0.29, 0.717) is 0 Å². The average molecular weight is 338 g/mol. The van der Waals surface area contributed by atoms with Crippen molar-refractivity contribution < 1.29 is 0 Å². The number of hydrogen-bond acceptors (Lipinski definition) is 3. The standard InChI is InChI=1S/C16H24BrN3/c1-18-10-12-3-4-13(17)9-16(12)20-8-7-14-5-6-15(11-20)19(14)2/h3-4,9,14-15,18H,5-8,10-11H2,1-2H3. The van der Waals surface area contributed by atoms with Gasteiger partial charge in [0.05, 0.1) is 0 Å². The summed E-state index contributed by atoms with van der Waals surface area (Å²) in [4.78, 5) is 5.20. The first-order valence-electron chi connectivity index (χ1n) is 7.59. The number of rotatable bonds is 3. The van der Waals surface area contributed by atoms with Gasteiger partial charge in [0.2, 0.25) is 0 Å². The van der Waals surface area contributed by atoms with Gasteiger partial charge in [-0.25, -0.2) is 0 Å². The zero-order valence-corrected chi connectivity index (χ0v) is 14.0. The van der Waals surface area contributed by atoms with E-state index in [1.807, 2.05) is 7.05 Å². The molecule has 3 rings (SSSR count). The van der Waals surface area contributed by atoms with Crippen LogP contribution in [0.5, 0.6) is 0 Å². The molecule has 2 aliphatic rings. The van der Waals surface area contributed by atoms with E-state index in [-0.39, 0.29) is 0 Å². The van der Waals surface area contributed by atoms with E-state index >= 15 is 0 Å². The van der Waals surface area contributed by atoms with Gasteiger partial charge in [0.1, 0.15) is 0 Å². The second kappa shape index (κ2) is 6.04. The van der Waals surface area contributed by atoms with E-state index in [2.05, 4.69) is 56.3 Å². The Morgan fingerprint density at radius 2 is 2.05 bits per heavy atom. The van der Waals surface area contributed by atoms with Crippen molar-refractivity contribution in [3.8, 4) is 0 Å². The largest absolute Gasteiger partial charge is 0.370 e. The quantitative estimate of drug-likeness (QED) is 0.914. The Morgan fingerprint density at radius 1 is 1.25 bits per heavy atom. The van der Waals surface area contributed by atoms with Gasteiger partial charge in [0.15, 0.2) is 0 Å². The summed E-state index contributed by atoms with van der Waals surface area (Å²) in [5.74, 6) is 0. The fraction of sp³-hybridized carbons (Fsp3) is 0.625. The van der Waals surface area contributed by atoms with Gasteiger partial charge >= 0.3 is 0 Å². The average Bonchev–Trinajstić information content (AvgIpc) is 2.66. The van der Waals surface area contributed by atoms with Crippen LogP contribution in [0.3, 0.4) is 0 Å². The molecule has 2 unspecified atom stereocenters. The number of anilines is 1. The maximum absolute atomic E-state index is 3.63. The van der Waals surface area contributed by atoms with Crippen LogP contribution in [0.25, 0.3) is 0 Å². The normalized spacial score (nSPS) is 26.9. The van der Waals surface area contributed by atoms with Gasteiger partial charge in [-0.15, -0.1) is 0 Å². The highest BCUT2D eigenvalue weighted by molar-refractivity contribution is 9.10. The van der Waals surface area contributed by atoms with Gasteiger partial charge in [0, 0.05) is 41.9 Å². The minimum Gasteiger partial charge on any atom is -0.370 e. The molecule has 3 nitrogen and oxygen atoms in total. The summed E-state index contributed by atoms with van der Waals surface area (Å²) in [6.45, 7) is 3.28. The second-order valence-electron chi connectivity index (χ2n) is 6.09. The van der Waals surface area contributed by atoms with Crippen molar-refractivity contribution in [1.82, 2.24) is 10.2 Å². The van der Waals surface area contributed by atoms with Crippen LogP contribution in [0, 0.1) is 0 Å². The maximum atomic E-state index is 3.63. The van der Waals surface area contributed by atoms with Crippen LogP contribution in [0.4, 0.5) is 5.69 Å². The molecule has 0 radical (unpaired) electrons. The molecular weight excluding hydrogens is 314 g/mol. The Balaban J connectivity index is 1.87. The van der Waals surface area contributed by atoms with Crippen LogP contribution < -0.4 is 10.2 Å². The number of nitrogens with one attached hydrogen (secondary N) is 1. The third-order valence-electron chi connectivity index (χ3n) is 4.90. The molecule has 2 atom stereocenters. The third-order valence-corrected chi connectivity index (χ3v) is 5.40. The molecule has 2 fully saturated rings. The zero-order chi connectivity index (χ0) is 14.1. The molecule has 1 N–H and O–H groups in total. The number of fused-ring (bicyclic) bond motifs is 2. The zero-order valence-electron chi connectivity index (χ0n) is 12.4. The Labute approximate surface area is 130 Å². The van der Waals surface area contributed by atoms with Gasteiger partial charge in [-0.2, -0.15) is 0 Å². The van der Waals surface area contributed by atoms with Crippen LogP contribution in [0.1, 0.15) is 24.8 Å². The molecule has 0 amide bonds. The lowest BCUT2D eigenvalue weighted by Crippen LogP contribution is -2.37. The number of nitrogens with zero attached hydrogens (tertiary/aromatic N) is 2. The summed E-state index contributed by atoms with van der Waals surface area (Å²) in [5, 5.41) is 3.29. The van der Waals surface area contributed by atoms with Crippen LogP contribution in [0.15, 0.2) is 22.7 Å². The van der Waals surface area contributed by atoms with E-state index in [0.717, 1.165) is 18.6 Å². The van der Waals surface area contributed by atoms with Gasteiger partial charge in [0.25, 0.3) is 0 Å². The summed E-state index contributed by atoms with van der Waals surface area (Å²) < 4.78 is 1.18. The van der Waals surface area contributed by atoms with Gasteiger partial charge in [-0.3, -0.25) is 4.90 Å². The smallest absolute Gasteiger partial charge is 0.0423 e. The van der Waals surface area contributed by atoms with Gasteiger partial charge in [-0.05, 0) is 51.1 Å². The van der Waals surface area contributed by atoms with Crippen molar-refractivity contribution in [2.24, 2.45) is 0 Å². The summed E-state index contributed by atoms with van der Waals surface area (Å²) in [7, 11) is 4.32. The lowest BCUT2D eigenvalue weighted by Gasteiger charge is -2.29. The molecule has 2 saturated heterocycles. The summed E-state index contributed by atoms with van der Waals surface area (Å²) in [6.07, 6.45) is 4.03. The van der Waals surface area contributed by atoms with E-state index in [9.17, 15) is 0 Å². The number of hydrogen-bond donors (Lipinski definition) is 1. The molecule has 0 aromatic heterocycles. The second-order valence-corrected chi connectivity index (χ2v) is 7.00. The topological polar surface area (TPSA) is 18.5 Å². The summed E-state index contributed by atoms with van der Waals surface area (Å²) >= 11 is 3.63. The SMILES string of the molecule is CNCc1ccc(Br)cc1N1CCC2CCC(C1)N2C. The fourth-order valence-corrected chi connectivity index (χ4v) is 4.05. The van der Waals surface area contributed by atoms with Gasteiger partial charge in [-0.1, -0.05) is 22.0 Å². The predicted octanol–water partition coefficient (Wildman–Crippen LogP) is 2.84. The maximum Gasteiger partial charge on any atom is 0.0423 e. The molecule has 1 aromatic rings. The van der Waals surface area contributed by atoms with Crippen LogP contribution >= 0.6 is 15.9 Å². The highest BCUT2D eigenvalue weighted by Gasteiger charge is 2.35. The van der Waals surface area contributed by atoms with E-state index in [4.69, 9.17) is 0 Å². The highest BCUT2D eigenvalue weighted by Crippen LogP contribution is 2.33. The van der Waals surface area contributed by atoms with Crippen LogP contribution in [-0.2, 0) is 6.54 Å². The Morgan fingerprint density at radius 3 is 2.85 bits per heavy atom. The molecule has 20 heavy (non-hydrogen) atoms. The minimum atomic E-state index is 0.726. The molecule has 2 aliphatic heterocycles. The number of benzene rings is 1. The first-order valence-corrected chi connectivity index (χ1v) is 8.38. The first kappa shape index (κ1) is 14.4. The van der Waals surface area contributed by atoms with E-state index < -0.39 is 0 Å². The van der Waals surface area contributed by atoms with Crippen molar-refractivity contribution in [2.45, 2.75) is 37.9 Å². The molecule has 110 valence electrons. The van der Waals surface area contributed by atoms with Crippen molar-refractivity contribution in [1.29, 1.82) is 0 Å². The molecule has 0 saturated carbocycles. The molecule has 4 heteroatoms. The third kappa shape index (κ3) is 2.74.